The summed E-state index contributed by atoms with van der Waals surface area (Å²) < 4.78 is 34.3. The summed E-state index contributed by atoms with van der Waals surface area (Å²) in [5.41, 5.74) is 3.46. The molecule has 0 bridgehead atoms. The molecule has 1 saturated heterocycles. The predicted octanol–water partition coefficient (Wildman–Crippen LogP) is 3.47. The van der Waals surface area contributed by atoms with Crippen LogP contribution in [0.3, 0.4) is 0 Å². The van der Waals surface area contributed by atoms with Gasteiger partial charge in [0.15, 0.2) is 0 Å². The molecule has 0 radical (unpaired) electrons. The fourth-order valence-electron chi connectivity index (χ4n) is 3.66. The Hall–Kier alpha value is -2.56. The van der Waals surface area contributed by atoms with Crippen LogP contribution in [0, 0.1) is 27.7 Å². The molecule has 0 atom stereocenters. The van der Waals surface area contributed by atoms with Crippen LogP contribution in [0.1, 0.15) is 21.1 Å². The van der Waals surface area contributed by atoms with Crippen LogP contribution in [0.25, 0.3) is 11.1 Å². The number of aromatic nitrogens is 3. The molecule has 0 aromatic carbocycles. The SMILES string of the molecule is Cc1cc(S(=O)(=O)Nc2cc(-c3c(C)ncnc3N3CCOCC3)cnc2C)c(C)s1. The van der Waals surface area contributed by atoms with E-state index in [1.807, 2.05) is 26.8 Å². The van der Waals surface area contributed by atoms with Gasteiger partial charge in [0.25, 0.3) is 10.0 Å². The van der Waals surface area contributed by atoms with Gasteiger partial charge in [-0.25, -0.2) is 18.4 Å². The van der Waals surface area contributed by atoms with E-state index in [9.17, 15) is 8.42 Å². The van der Waals surface area contributed by atoms with Gasteiger partial charge in [-0.2, -0.15) is 0 Å². The van der Waals surface area contributed by atoms with Crippen LogP contribution < -0.4 is 9.62 Å². The van der Waals surface area contributed by atoms with E-state index in [1.54, 1.807) is 25.5 Å². The fourth-order valence-corrected chi connectivity index (χ4v) is 6.33. The van der Waals surface area contributed by atoms with Crippen molar-refractivity contribution >= 4 is 32.9 Å². The van der Waals surface area contributed by atoms with E-state index < -0.39 is 10.0 Å². The third-order valence-electron chi connectivity index (χ3n) is 5.23. The number of anilines is 2. The van der Waals surface area contributed by atoms with Gasteiger partial charge in [0.2, 0.25) is 0 Å². The zero-order valence-corrected chi connectivity index (χ0v) is 19.6. The van der Waals surface area contributed by atoms with Crippen LogP contribution in [0.4, 0.5) is 11.5 Å². The van der Waals surface area contributed by atoms with Crippen molar-refractivity contribution in [1.29, 1.82) is 0 Å². The van der Waals surface area contributed by atoms with Gasteiger partial charge in [-0.3, -0.25) is 9.71 Å². The first-order chi connectivity index (χ1) is 14.8. The Morgan fingerprint density at radius 2 is 1.77 bits per heavy atom. The Morgan fingerprint density at radius 3 is 2.45 bits per heavy atom. The molecule has 3 aromatic rings. The van der Waals surface area contributed by atoms with Gasteiger partial charge >= 0.3 is 0 Å². The number of pyridine rings is 1. The van der Waals surface area contributed by atoms with E-state index in [-0.39, 0.29) is 0 Å². The van der Waals surface area contributed by atoms with Gasteiger partial charge in [0.1, 0.15) is 17.0 Å². The Bertz CT molecular complexity index is 1220. The lowest BCUT2D eigenvalue weighted by Gasteiger charge is -2.29. The lowest BCUT2D eigenvalue weighted by molar-refractivity contribution is 0.122. The first kappa shape index (κ1) is 21.7. The van der Waals surface area contributed by atoms with Crippen LogP contribution in [-0.2, 0) is 14.8 Å². The lowest BCUT2D eigenvalue weighted by Crippen LogP contribution is -2.37. The van der Waals surface area contributed by atoms with E-state index in [0.29, 0.717) is 29.5 Å². The summed E-state index contributed by atoms with van der Waals surface area (Å²) in [6.07, 6.45) is 3.29. The monoisotopic (exact) mass is 459 g/mol. The Morgan fingerprint density at radius 1 is 1.03 bits per heavy atom. The minimum absolute atomic E-state index is 0.299. The standard InChI is InChI=1S/C21H25N5O3S2/c1-13-9-19(16(4)30-13)31(27,28)25-18-10-17(11-22-14(18)2)20-15(3)23-12-24-21(20)26-5-7-29-8-6-26/h9-12,25H,5-8H2,1-4H3. The first-order valence-electron chi connectivity index (χ1n) is 9.97. The predicted molar refractivity (Wildman–Crippen MR) is 122 cm³/mol. The van der Waals surface area contributed by atoms with Crippen molar-refractivity contribution in [3.63, 3.8) is 0 Å². The second kappa shape index (κ2) is 8.52. The summed E-state index contributed by atoms with van der Waals surface area (Å²) in [4.78, 5) is 17.5. The Balaban J connectivity index is 1.75. The fraction of sp³-hybridized carbons (Fsp3) is 0.381. The molecule has 3 aromatic heterocycles. The minimum atomic E-state index is -3.72. The number of hydrogen-bond acceptors (Lipinski definition) is 8. The maximum Gasteiger partial charge on any atom is 0.263 e. The molecule has 1 N–H and O–H groups in total. The van der Waals surface area contributed by atoms with Crippen molar-refractivity contribution in [3.8, 4) is 11.1 Å². The van der Waals surface area contributed by atoms with Crippen LogP contribution in [0.2, 0.25) is 0 Å². The molecular formula is C21H25N5O3S2. The molecular weight excluding hydrogens is 434 g/mol. The van der Waals surface area contributed by atoms with E-state index in [2.05, 4.69) is 24.6 Å². The second-order valence-electron chi connectivity index (χ2n) is 7.50. The van der Waals surface area contributed by atoms with Crippen LogP contribution in [0.15, 0.2) is 29.6 Å². The maximum absolute atomic E-state index is 13.0. The average molecular weight is 460 g/mol. The van der Waals surface area contributed by atoms with E-state index in [1.165, 1.54) is 11.3 Å². The summed E-state index contributed by atoms with van der Waals surface area (Å²) in [6, 6.07) is 3.50. The normalized spacial score (nSPS) is 14.6. The number of sulfonamides is 1. The zero-order chi connectivity index (χ0) is 22.2. The Kier molecular flexibility index (Phi) is 5.96. The van der Waals surface area contributed by atoms with Gasteiger partial charge in [-0.1, -0.05) is 0 Å². The molecule has 0 amide bonds. The molecule has 4 heterocycles. The molecule has 10 heteroatoms. The highest BCUT2D eigenvalue weighted by atomic mass is 32.2. The summed E-state index contributed by atoms with van der Waals surface area (Å²) in [6.45, 7) is 10.2. The molecule has 31 heavy (non-hydrogen) atoms. The third kappa shape index (κ3) is 4.41. The smallest absolute Gasteiger partial charge is 0.263 e. The molecule has 0 unspecified atom stereocenters. The number of rotatable bonds is 5. The molecule has 4 rings (SSSR count). The average Bonchev–Trinajstić information content (AvgIpc) is 3.09. The number of thiophene rings is 1. The van der Waals surface area contributed by atoms with Gasteiger partial charge in [-0.05, 0) is 39.8 Å². The van der Waals surface area contributed by atoms with E-state index in [0.717, 1.165) is 45.5 Å². The number of nitrogens with one attached hydrogen (secondary N) is 1. The second-order valence-corrected chi connectivity index (χ2v) is 10.6. The van der Waals surface area contributed by atoms with E-state index in [4.69, 9.17) is 4.74 Å². The van der Waals surface area contributed by atoms with E-state index >= 15 is 0 Å². The quantitative estimate of drug-likeness (QED) is 0.624. The first-order valence-corrected chi connectivity index (χ1v) is 12.3. The molecule has 0 saturated carbocycles. The highest BCUT2D eigenvalue weighted by molar-refractivity contribution is 7.93. The molecule has 1 aliphatic rings. The molecule has 8 nitrogen and oxygen atoms in total. The zero-order valence-electron chi connectivity index (χ0n) is 18.0. The summed E-state index contributed by atoms with van der Waals surface area (Å²) in [5, 5.41) is 0. The molecule has 0 aliphatic carbocycles. The Labute approximate surface area is 186 Å². The maximum atomic E-state index is 13.0. The highest BCUT2D eigenvalue weighted by Crippen LogP contribution is 2.34. The summed E-state index contributed by atoms with van der Waals surface area (Å²) in [7, 11) is -3.72. The highest BCUT2D eigenvalue weighted by Gasteiger charge is 2.23. The molecule has 164 valence electrons. The molecule has 1 aliphatic heterocycles. The van der Waals surface area contributed by atoms with Gasteiger partial charge in [0, 0.05) is 40.2 Å². The lowest BCUT2D eigenvalue weighted by atomic mass is 10.0. The van der Waals surface area contributed by atoms with Crippen molar-refractivity contribution in [2.24, 2.45) is 0 Å². The number of aryl methyl sites for hydroxylation is 4. The largest absolute Gasteiger partial charge is 0.378 e. The van der Waals surface area contributed by atoms with Crippen LogP contribution in [0.5, 0.6) is 0 Å². The van der Waals surface area contributed by atoms with Gasteiger partial charge in [-0.15, -0.1) is 11.3 Å². The number of hydrogen-bond donors (Lipinski definition) is 1. The van der Waals surface area contributed by atoms with Crippen molar-refractivity contribution in [2.75, 3.05) is 35.9 Å². The summed E-state index contributed by atoms with van der Waals surface area (Å²) in [5.74, 6) is 0.805. The topological polar surface area (TPSA) is 97.3 Å². The van der Waals surface area contributed by atoms with Crippen LogP contribution in [-0.4, -0.2) is 49.7 Å². The van der Waals surface area contributed by atoms with Gasteiger partial charge < -0.3 is 9.64 Å². The van der Waals surface area contributed by atoms with Gasteiger partial charge in [0.05, 0.1) is 30.3 Å². The molecule has 1 fully saturated rings. The summed E-state index contributed by atoms with van der Waals surface area (Å²) >= 11 is 1.46. The number of ether oxygens (including phenoxy) is 1. The number of nitrogens with zero attached hydrogens (tertiary/aromatic N) is 4. The number of morpholine rings is 1. The van der Waals surface area contributed by atoms with Crippen molar-refractivity contribution < 1.29 is 13.2 Å². The third-order valence-corrected chi connectivity index (χ3v) is 7.82. The van der Waals surface area contributed by atoms with Crippen molar-refractivity contribution in [1.82, 2.24) is 15.0 Å². The van der Waals surface area contributed by atoms with Crippen molar-refractivity contribution in [3.05, 3.63) is 45.8 Å². The van der Waals surface area contributed by atoms with Crippen LogP contribution >= 0.6 is 11.3 Å². The minimum Gasteiger partial charge on any atom is -0.378 e. The molecule has 0 spiro atoms. The van der Waals surface area contributed by atoms with Crippen molar-refractivity contribution in [2.45, 2.75) is 32.6 Å².